The van der Waals surface area contributed by atoms with E-state index in [1.165, 1.54) is 6.92 Å². The molecular formula is C6H7NO3. The first-order chi connectivity index (χ1) is 4.57. The van der Waals surface area contributed by atoms with Crippen molar-refractivity contribution in [3.63, 3.8) is 0 Å². The summed E-state index contributed by atoms with van der Waals surface area (Å²) in [5.74, 6) is 1.24. The van der Waals surface area contributed by atoms with Gasteiger partial charge in [-0.1, -0.05) is 0 Å². The average molecular weight is 141 g/mol. The molecule has 0 saturated heterocycles. The van der Waals surface area contributed by atoms with Gasteiger partial charge < -0.3 is 10.4 Å². The molecule has 0 rings (SSSR count). The molecule has 0 radical (unpaired) electrons. The molecule has 54 valence electrons. The van der Waals surface area contributed by atoms with Crippen LogP contribution in [-0.2, 0) is 4.79 Å². The van der Waals surface area contributed by atoms with Crippen LogP contribution in [0.15, 0.2) is 0 Å². The van der Waals surface area contributed by atoms with Crippen molar-refractivity contribution in [1.82, 2.24) is 5.32 Å². The first-order valence-corrected chi connectivity index (χ1v) is 2.58. The van der Waals surface area contributed by atoms with Gasteiger partial charge in [-0.25, -0.2) is 4.79 Å². The van der Waals surface area contributed by atoms with E-state index in [2.05, 4.69) is 0 Å². The predicted molar refractivity (Wildman–Crippen MR) is 34.5 cm³/mol. The zero-order valence-electron chi connectivity index (χ0n) is 5.42. The van der Waals surface area contributed by atoms with Crippen molar-refractivity contribution in [2.75, 3.05) is 0 Å². The second-order valence-corrected chi connectivity index (χ2v) is 1.68. The van der Waals surface area contributed by atoms with E-state index in [-0.39, 0.29) is 0 Å². The van der Waals surface area contributed by atoms with Crippen LogP contribution in [0, 0.1) is 12.3 Å². The smallest absolute Gasteiger partial charge is 0.405 e. The van der Waals surface area contributed by atoms with E-state index < -0.39 is 17.9 Å². The van der Waals surface area contributed by atoms with Crippen LogP contribution in [0.25, 0.3) is 0 Å². The van der Waals surface area contributed by atoms with Crippen LogP contribution in [-0.4, -0.2) is 23.0 Å². The van der Waals surface area contributed by atoms with Crippen molar-refractivity contribution in [3.05, 3.63) is 0 Å². The van der Waals surface area contributed by atoms with Crippen LogP contribution >= 0.6 is 0 Å². The zero-order valence-corrected chi connectivity index (χ0v) is 5.42. The van der Waals surface area contributed by atoms with Gasteiger partial charge >= 0.3 is 6.09 Å². The Balaban J connectivity index is 3.88. The van der Waals surface area contributed by atoms with E-state index in [1.54, 1.807) is 5.92 Å². The molecule has 10 heavy (non-hydrogen) atoms. The minimum absolute atomic E-state index is 0.567. The van der Waals surface area contributed by atoms with Gasteiger partial charge in [0.05, 0.1) is 0 Å². The number of amides is 1. The molecule has 1 atom stereocenters. The SMILES string of the molecule is C#CC(=O)C(C)NC(=O)O. The highest BCUT2D eigenvalue weighted by Gasteiger charge is 2.10. The summed E-state index contributed by atoms with van der Waals surface area (Å²) in [5.41, 5.74) is 0. The van der Waals surface area contributed by atoms with Gasteiger partial charge in [-0.15, -0.1) is 6.42 Å². The highest BCUT2D eigenvalue weighted by Crippen LogP contribution is 1.81. The molecule has 0 aromatic heterocycles. The van der Waals surface area contributed by atoms with Crippen LogP contribution in [0.3, 0.4) is 0 Å². The molecule has 0 bridgehead atoms. The Bertz CT molecular complexity index is 192. The normalized spacial score (nSPS) is 11.2. The first-order valence-electron chi connectivity index (χ1n) is 2.58. The molecule has 0 aliphatic rings. The maximum absolute atomic E-state index is 10.5. The number of carboxylic acid groups (broad SMARTS) is 1. The van der Waals surface area contributed by atoms with Crippen molar-refractivity contribution in [2.45, 2.75) is 13.0 Å². The Labute approximate surface area is 58.2 Å². The number of nitrogens with one attached hydrogen (secondary N) is 1. The van der Waals surface area contributed by atoms with Crippen LogP contribution in [0.4, 0.5) is 4.79 Å². The van der Waals surface area contributed by atoms with Crippen molar-refractivity contribution < 1.29 is 14.7 Å². The molecule has 0 aromatic carbocycles. The number of hydrogen-bond donors (Lipinski definition) is 2. The standard InChI is InChI=1S/C6H7NO3/c1-3-5(8)4(2)7-6(9)10/h1,4,7H,2H3,(H,9,10). The van der Waals surface area contributed by atoms with Crippen LogP contribution in [0.5, 0.6) is 0 Å². The van der Waals surface area contributed by atoms with Gasteiger partial charge in [0.25, 0.3) is 0 Å². The maximum Gasteiger partial charge on any atom is 0.405 e. The summed E-state index contributed by atoms with van der Waals surface area (Å²) in [6.45, 7) is 1.39. The molecular weight excluding hydrogens is 134 g/mol. The summed E-state index contributed by atoms with van der Waals surface area (Å²) in [6.07, 6.45) is 3.46. The molecule has 0 spiro atoms. The summed E-state index contributed by atoms with van der Waals surface area (Å²) in [6, 6.07) is -0.817. The second kappa shape index (κ2) is 3.51. The van der Waals surface area contributed by atoms with Crippen LogP contribution in [0.1, 0.15) is 6.92 Å². The largest absolute Gasteiger partial charge is 0.465 e. The van der Waals surface area contributed by atoms with Crippen molar-refractivity contribution >= 4 is 11.9 Å². The molecule has 0 aliphatic heterocycles. The van der Waals surface area contributed by atoms with Crippen LogP contribution in [0.2, 0.25) is 0 Å². The summed E-state index contributed by atoms with van der Waals surface area (Å²) in [5, 5.41) is 10.0. The van der Waals surface area contributed by atoms with Gasteiger partial charge in [-0.05, 0) is 12.8 Å². The summed E-state index contributed by atoms with van der Waals surface area (Å²) >= 11 is 0. The molecule has 0 heterocycles. The topological polar surface area (TPSA) is 66.4 Å². The Kier molecular flexibility index (Phi) is 2.98. The second-order valence-electron chi connectivity index (χ2n) is 1.68. The van der Waals surface area contributed by atoms with Gasteiger partial charge in [0, 0.05) is 0 Å². The minimum Gasteiger partial charge on any atom is -0.465 e. The highest BCUT2D eigenvalue weighted by molar-refractivity contribution is 6.00. The maximum atomic E-state index is 10.5. The van der Waals surface area contributed by atoms with Crippen molar-refractivity contribution in [1.29, 1.82) is 0 Å². The number of carbonyl (C=O) groups is 2. The lowest BCUT2D eigenvalue weighted by molar-refractivity contribution is -0.115. The molecule has 0 aliphatic carbocycles. The number of carbonyl (C=O) groups excluding carboxylic acids is 1. The summed E-state index contributed by atoms with van der Waals surface area (Å²) in [4.78, 5) is 20.4. The van der Waals surface area contributed by atoms with Crippen molar-refractivity contribution in [2.24, 2.45) is 0 Å². The minimum atomic E-state index is -1.25. The quantitative estimate of drug-likeness (QED) is 0.415. The fraction of sp³-hybridized carbons (Fsp3) is 0.333. The summed E-state index contributed by atoms with van der Waals surface area (Å²) in [7, 11) is 0. The van der Waals surface area contributed by atoms with Gasteiger partial charge in [0.2, 0.25) is 5.78 Å². The van der Waals surface area contributed by atoms with E-state index in [1.807, 2.05) is 5.32 Å². The van der Waals surface area contributed by atoms with E-state index in [4.69, 9.17) is 11.5 Å². The fourth-order valence-electron chi connectivity index (χ4n) is 0.376. The molecule has 0 saturated carbocycles. The third-order valence-electron chi connectivity index (χ3n) is 0.876. The number of hydrogen-bond acceptors (Lipinski definition) is 2. The Hall–Kier alpha value is -1.50. The Morgan fingerprint density at radius 3 is 2.50 bits per heavy atom. The number of ketones is 1. The van der Waals surface area contributed by atoms with Gasteiger partial charge in [0.1, 0.15) is 6.04 Å². The predicted octanol–water partition coefficient (Wildman–Crippen LogP) is -0.155. The van der Waals surface area contributed by atoms with Crippen molar-refractivity contribution in [3.8, 4) is 12.3 Å². The number of rotatable bonds is 2. The van der Waals surface area contributed by atoms with E-state index in [9.17, 15) is 9.59 Å². The van der Waals surface area contributed by atoms with E-state index >= 15 is 0 Å². The van der Waals surface area contributed by atoms with E-state index in [0.717, 1.165) is 0 Å². The lowest BCUT2D eigenvalue weighted by Crippen LogP contribution is -2.36. The zero-order chi connectivity index (χ0) is 8.15. The lowest BCUT2D eigenvalue weighted by atomic mass is 10.2. The number of Topliss-reactive ketones (excluding diaryl/α,β-unsaturated/α-hetero) is 1. The summed E-state index contributed by atoms with van der Waals surface area (Å²) < 4.78 is 0. The first kappa shape index (κ1) is 8.50. The molecule has 1 amide bonds. The monoisotopic (exact) mass is 141 g/mol. The molecule has 0 fully saturated rings. The van der Waals surface area contributed by atoms with Gasteiger partial charge in [-0.2, -0.15) is 0 Å². The van der Waals surface area contributed by atoms with Crippen LogP contribution < -0.4 is 5.32 Å². The van der Waals surface area contributed by atoms with Gasteiger partial charge in [-0.3, -0.25) is 4.79 Å². The molecule has 4 heteroatoms. The van der Waals surface area contributed by atoms with E-state index in [0.29, 0.717) is 0 Å². The lowest BCUT2D eigenvalue weighted by Gasteiger charge is -2.03. The number of terminal acetylenes is 1. The molecule has 2 N–H and O–H groups in total. The van der Waals surface area contributed by atoms with Gasteiger partial charge in [0.15, 0.2) is 0 Å². The Morgan fingerprint density at radius 1 is 1.70 bits per heavy atom. The molecule has 1 unspecified atom stereocenters. The molecule has 0 aromatic rings. The average Bonchev–Trinajstić information content (AvgIpc) is 1.85. The Morgan fingerprint density at radius 2 is 2.20 bits per heavy atom. The molecule has 4 nitrogen and oxygen atoms in total. The third kappa shape index (κ3) is 2.72. The fourth-order valence-corrected chi connectivity index (χ4v) is 0.376. The highest BCUT2D eigenvalue weighted by atomic mass is 16.4. The third-order valence-corrected chi connectivity index (χ3v) is 0.876.